The summed E-state index contributed by atoms with van der Waals surface area (Å²) >= 11 is 0. The van der Waals surface area contributed by atoms with Gasteiger partial charge >= 0.3 is 23.8 Å². The van der Waals surface area contributed by atoms with E-state index in [1.165, 1.54) is 0 Å². The maximum Gasteiger partial charge on any atom is 0.321 e. The molecule has 6 N–H and O–H groups in total. The lowest BCUT2D eigenvalue weighted by atomic mass is 10.2. The van der Waals surface area contributed by atoms with Crippen molar-refractivity contribution in [2.24, 2.45) is 5.73 Å². The average Bonchev–Trinajstić information content (AvgIpc) is 2.22. The first-order valence-electron chi connectivity index (χ1n) is 4.60. The van der Waals surface area contributed by atoms with Crippen molar-refractivity contribution in [3.63, 3.8) is 0 Å². The number of amides is 2. The Morgan fingerprint density at radius 3 is 1.76 bits per heavy atom. The summed E-state index contributed by atoms with van der Waals surface area (Å²) < 4.78 is 0. The molecule has 0 radical (unpaired) electrons. The molecule has 1 heterocycles. The summed E-state index contributed by atoms with van der Waals surface area (Å²) in [5, 5.41) is 20.8. The first-order chi connectivity index (χ1) is 7.84. The van der Waals surface area contributed by atoms with Gasteiger partial charge in [-0.3, -0.25) is 19.2 Å². The first-order valence-corrected chi connectivity index (χ1v) is 4.60. The second kappa shape index (κ2) is 7.17. The molecule has 0 aromatic heterocycles. The molecule has 0 aliphatic carbocycles. The Hall–Kier alpha value is -2.16. The van der Waals surface area contributed by atoms with E-state index < -0.39 is 36.2 Å². The fraction of sp³-hybridized carbons (Fsp3) is 0.500. The lowest BCUT2D eigenvalue weighted by Gasteiger charge is -2.10. The van der Waals surface area contributed by atoms with E-state index in [2.05, 4.69) is 10.6 Å². The topological polar surface area (TPSA) is 159 Å². The number of piperazine rings is 1. The van der Waals surface area contributed by atoms with Crippen LogP contribution in [0.2, 0.25) is 0 Å². The van der Waals surface area contributed by atoms with Gasteiger partial charge in [0.1, 0.15) is 6.04 Å². The second-order valence-electron chi connectivity index (χ2n) is 3.05. The van der Waals surface area contributed by atoms with Crippen molar-refractivity contribution in [2.75, 3.05) is 13.1 Å². The summed E-state index contributed by atoms with van der Waals surface area (Å²) in [7, 11) is 0. The van der Waals surface area contributed by atoms with Gasteiger partial charge in [0.15, 0.2) is 0 Å². The lowest BCUT2D eigenvalue weighted by molar-refractivity contribution is -0.144. The number of nitrogens with one attached hydrogen (secondary N) is 2. The number of carbonyl (C=O) groups is 4. The molecule has 1 atom stereocenters. The third kappa shape index (κ3) is 6.84. The summed E-state index contributed by atoms with van der Waals surface area (Å²) in [6.07, 6.45) is -0.532. The smallest absolute Gasteiger partial charge is 0.321 e. The van der Waals surface area contributed by atoms with Gasteiger partial charge in [-0.25, -0.2) is 0 Å². The normalized spacial score (nSPS) is 15.8. The summed E-state index contributed by atoms with van der Waals surface area (Å²) in [6, 6.07) is -1.29. The highest BCUT2D eigenvalue weighted by atomic mass is 16.4. The molecule has 2 amide bonds. The molecule has 1 rings (SSSR count). The molecule has 0 saturated carbocycles. The number of carboxylic acid groups (broad SMARTS) is 2. The van der Waals surface area contributed by atoms with Gasteiger partial charge in [0, 0.05) is 13.1 Å². The van der Waals surface area contributed by atoms with Crippen LogP contribution in [0.25, 0.3) is 0 Å². The van der Waals surface area contributed by atoms with Crippen LogP contribution >= 0.6 is 0 Å². The summed E-state index contributed by atoms with van der Waals surface area (Å²) in [4.78, 5) is 40.2. The Morgan fingerprint density at radius 1 is 1.18 bits per heavy atom. The highest BCUT2D eigenvalue weighted by Gasteiger charge is 2.15. The highest BCUT2D eigenvalue weighted by Crippen LogP contribution is 1.86. The molecule has 0 aromatic rings. The van der Waals surface area contributed by atoms with E-state index in [1.54, 1.807) is 0 Å². The molecule has 0 aromatic carbocycles. The fourth-order valence-electron chi connectivity index (χ4n) is 0.788. The van der Waals surface area contributed by atoms with Crippen LogP contribution in [0.4, 0.5) is 0 Å². The lowest BCUT2D eigenvalue weighted by Crippen LogP contribution is -2.49. The summed E-state index contributed by atoms with van der Waals surface area (Å²) in [6.45, 7) is 1.09. The molecule has 1 fully saturated rings. The van der Waals surface area contributed by atoms with Gasteiger partial charge in [-0.2, -0.15) is 0 Å². The van der Waals surface area contributed by atoms with Crippen molar-refractivity contribution >= 4 is 23.8 Å². The monoisotopic (exact) mass is 247 g/mol. The molecule has 1 aliphatic rings. The average molecular weight is 247 g/mol. The van der Waals surface area contributed by atoms with Gasteiger partial charge in [-0.05, 0) is 0 Å². The Labute approximate surface area is 96.0 Å². The molecule has 9 heteroatoms. The number of hydrogen-bond acceptors (Lipinski definition) is 5. The zero-order valence-corrected chi connectivity index (χ0v) is 8.80. The molecule has 17 heavy (non-hydrogen) atoms. The third-order valence-corrected chi connectivity index (χ3v) is 1.61. The Kier molecular flexibility index (Phi) is 6.26. The summed E-state index contributed by atoms with van der Waals surface area (Å²) in [5.41, 5.74) is 4.84. The number of carboxylic acids is 2. The maximum absolute atomic E-state index is 10.3. The molecule has 1 aliphatic heterocycles. The Balaban J connectivity index is 0.000000302. The van der Waals surface area contributed by atoms with Gasteiger partial charge in [-0.15, -0.1) is 0 Å². The van der Waals surface area contributed by atoms with Crippen LogP contribution in [0.15, 0.2) is 0 Å². The van der Waals surface area contributed by atoms with Crippen LogP contribution in [0.3, 0.4) is 0 Å². The Bertz CT molecular complexity index is 313. The molecule has 0 spiro atoms. The van der Waals surface area contributed by atoms with E-state index in [-0.39, 0.29) is 0 Å². The maximum atomic E-state index is 10.3. The molecular formula is C8H13N3O6. The van der Waals surface area contributed by atoms with Crippen LogP contribution in [0.5, 0.6) is 0 Å². The van der Waals surface area contributed by atoms with E-state index >= 15 is 0 Å². The van der Waals surface area contributed by atoms with Crippen LogP contribution < -0.4 is 16.4 Å². The van der Waals surface area contributed by atoms with Crippen molar-refractivity contribution in [3.05, 3.63) is 0 Å². The van der Waals surface area contributed by atoms with Gasteiger partial charge in [-0.1, -0.05) is 0 Å². The quantitative estimate of drug-likeness (QED) is 0.334. The van der Waals surface area contributed by atoms with E-state index in [0.29, 0.717) is 13.1 Å². The van der Waals surface area contributed by atoms with Crippen molar-refractivity contribution in [2.45, 2.75) is 12.5 Å². The molecular weight excluding hydrogens is 234 g/mol. The predicted molar refractivity (Wildman–Crippen MR) is 53.9 cm³/mol. The minimum atomic E-state index is -1.29. The largest absolute Gasteiger partial charge is 0.481 e. The molecule has 0 bridgehead atoms. The third-order valence-electron chi connectivity index (χ3n) is 1.61. The molecule has 0 unspecified atom stereocenters. The van der Waals surface area contributed by atoms with Crippen molar-refractivity contribution < 1.29 is 29.4 Å². The van der Waals surface area contributed by atoms with Crippen molar-refractivity contribution in [1.82, 2.24) is 10.6 Å². The zero-order chi connectivity index (χ0) is 13.4. The molecule has 1 saturated heterocycles. The number of carbonyl (C=O) groups excluding carboxylic acids is 2. The minimum Gasteiger partial charge on any atom is -0.481 e. The second-order valence-corrected chi connectivity index (χ2v) is 3.05. The van der Waals surface area contributed by atoms with Gasteiger partial charge in [0.25, 0.3) is 0 Å². The van der Waals surface area contributed by atoms with Crippen LogP contribution in [0, 0.1) is 0 Å². The fourth-order valence-corrected chi connectivity index (χ4v) is 0.788. The van der Waals surface area contributed by atoms with Gasteiger partial charge < -0.3 is 26.6 Å². The van der Waals surface area contributed by atoms with Crippen molar-refractivity contribution in [1.29, 1.82) is 0 Å². The van der Waals surface area contributed by atoms with Crippen molar-refractivity contribution in [3.8, 4) is 0 Å². The van der Waals surface area contributed by atoms with Crippen LogP contribution in [-0.4, -0.2) is 53.1 Å². The zero-order valence-electron chi connectivity index (χ0n) is 8.80. The van der Waals surface area contributed by atoms with E-state index in [1.807, 2.05) is 0 Å². The highest BCUT2D eigenvalue weighted by molar-refractivity contribution is 6.35. The summed E-state index contributed by atoms with van der Waals surface area (Å²) in [5.74, 6) is -3.56. The SMILES string of the molecule is N[C@@H](CC(=O)O)C(=O)O.O=C1NCCNC1=O. The minimum absolute atomic E-state index is 0.531. The van der Waals surface area contributed by atoms with Crippen LogP contribution in [0.1, 0.15) is 6.42 Å². The molecule has 9 nitrogen and oxygen atoms in total. The standard InChI is InChI=1S/C4H6N2O2.C4H7NO4/c7-3-4(8)6-2-1-5-3;5-2(4(8)9)1-3(6)7/h1-2H2,(H,5,7)(H,6,8);2H,1,5H2,(H,6,7)(H,8,9)/t;2-/m.0/s1. The van der Waals surface area contributed by atoms with Gasteiger partial charge in [0.05, 0.1) is 6.42 Å². The number of nitrogens with two attached hydrogens (primary N) is 1. The van der Waals surface area contributed by atoms with E-state index in [0.717, 1.165) is 0 Å². The predicted octanol–water partition coefficient (Wildman–Crippen LogP) is -2.89. The first kappa shape index (κ1) is 14.8. The van der Waals surface area contributed by atoms with Gasteiger partial charge in [0.2, 0.25) is 0 Å². The molecule has 96 valence electrons. The number of hydrogen-bond donors (Lipinski definition) is 5. The van der Waals surface area contributed by atoms with E-state index in [4.69, 9.17) is 15.9 Å². The Morgan fingerprint density at radius 2 is 1.59 bits per heavy atom. The number of rotatable bonds is 3. The number of aliphatic carboxylic acids is 2. The van der Waals surface area contributed by atoms with Crippen LogP contribution in [-0.2, 0) is 19.2 Å². The van der Waals surface area contributed by atoms with E-state index in [9.17, 15) is 19.2 Å².